The molecule has 150 valence electrons. The summed E-state index contributed by atoms with van der Waals surface area (Å²) >= 11 is 0. The summed E-state index contributed by atoms with van der Waals surface area (Å²) in [5.41, 5.74) is 7.40. The molecule has 2 rings (SSSR count). The second kappa shape index (κ2) is 9.78. The van der Waals surface area contributed by atoms with Crippen LogP contribution in [0.3, 0.4) is 0 Å². The second-order valence-corrected chi connectivity index (χ2v) is 7.15. The normalized spacial score (nSPS) is 11.6. The molecule has 0 spiro atoms. The molecular weight excluding hydrogens is 356 g/mol. The Bertz CT molecular complexity index is 833. The minimum Gasteiger partial charge on any atom is -0.492 e. The van der Waals surface area contributed by atoms with Gasteiger partial charge in [0.25, 0.3) is 11.8 Å². The van der Waals surface area contributed by atoms with E-state index in [1.54, 1.807) is 31.2 Å². The first-order valence-corrected chi connectivity index (χ1v) is 9.34. The largest absolute Gasteiger partial charge is 0.492 e. The number of rotatable bonds is 7. The van der Waals surface area contributed by atoms with Crippen LogP contribution in [0.1, 0.15) is 42.3 Å². The van der Waals surface area contributed by atoms with Gasteiger partial charge in [-0.25, -0.2) is 0 Å². The lowest BCUT2D eigenvalue weighted by Crippen LogP contribution is -2.47. The van der Waals surface area contributed by atoms with Crippen LogP contribution in [0, 0.1) is 19.8 Å². The quantitative estimate of drug-likeness (QED) is 0.716. The summed E-state index contributed by atoms with van der Waals surface area (Å²) < 4.78 is 11.3. The molecule has 0 heterocycles. The Morgan fingerprint density at radius 1 is 0.964 bits per heavy atom. The molecule has 0 radical (unpaired) electrons. The van der Waals surface area contributed by atoms with E-state index in [1.165, 1.54) is 0 Å². The smallest absolute Gasteiger partial charge is 0.279 e. The Balaban J connectivity index is 1.93. The van der Waals surface area contributed by atoms with E-state index in [2.05, 4.69) is 10.9 Å². The molecule has 0 saturated carbocycles. The van der Waals surface area contributed by atoms with Crippen LogP contribution >= 0.6 is 0 Å². The number of para-hydroxylation sites is 1. The van der Waals surface area contributed by atoms with Crippen molar-refractivity contribution in [3.05, 3.63) is 59.2 Å². The van der Waals surface area contributed by atoms with Gasteiger partial charge in [-0.1, -0.05) is 32.0 Å². The van der Waals surface area contributed by atoms with Gasteiger partial charge in [0, 0.05) is 0 Å². The maximum Gasteiger partial charge on any atom is 0.279 e. The minimum atomic E-state index is -0.769. The van der Waals surface area contributed by atoms with Crippen LogP contribution in [-0.4, -0.2) is 24.5 Å². The van der Waals surface area contributed by atoms with Crippen LogP contribution < -0.4 is 20.3 Å². The van der Waals surface area contributed by atoms with E-state index < -0.39 is 17.9 Å². The highest BCUT2D eigenvalue weighted by atomic mass is 16.5. The Labute approximate surface area is 166 Å². The summed E-state index contributed by atoms with van der Waals surface area (Å²) in [4.78, 5) is 24.7. The van der Waals surface area contributed by atoms with E-state index in [-0.39, 0.29) is 0 Å². The van der Waals surface area contributed by atoms with E-state index >= 15 is 0 Å². The van der Waals surface area contributed by atoms with Crippen molar-refractivity contribution < 1.29 is 19.1 Å². The molecule has 2 aromatic rings. The van der Waals surface area contributed by atoms with Crippen LogP contribution in [0.15, 0.2) is 42.5 Å². The summed E-state index contributed by atoms with van der Waals surface area (Å²) in [5.74, 6) is 0.504. The zero-order valence-corrected chi connectivity index (χ0v) is 17.0. The zero-order valence-electron chi connectivity index (χ0n) is 17.0. The fourth-order valence-corrected chi connectivity index (χ4v) is 2.37. The molecule has 28 heavy (non-hydrogen) atoms. The molecule has 0 aliphatic rings. The van der Waals surface area contributed by atoms with Crippen LogP contribution in [-0.2, 0) is 4.79 Å². The monoisotopic (exact) mass is 384 g/mol. The molecule has 0 fully saturated rings. The summed E-state index contributed by atoms with van der Waals surface area (Å²) in [7, 11) is 0. The minimum absolute atomic E-state index is 0.333. The predicted octanol–water partition coefficient (Wildman–Crippen LogP) is 3.57. The third-order valence-corrected chi connectivity index (χ3v) is 4.16. The molecular formula is C22H28N2O4. The molecule has 0 bridgehead atoms. The maximum atomic E-state index is 12.4. The third-order valence-electron chi connectivity index (χ3n) is 4.16. The lowest BCUT2D eigenvalue weighted by Gasteiger charge is -2.17. The molecule has 6 nitrogen and oxygen atoms in total. The maximum absolute atomic E-state index is 12.4. The number of carbonyl (C=O) groups excluding carboxylic acids is 2. The van der Waals surface area contributed by atoms with Crippen molar-refractivity contribution in [2.45, 2.75) is 40.7 Å². The van der Waals surface area contributed by atoms with Crippen molar-refractivity contribution in [3.63, 3.8) is 0 Å². The van der Waals surface area contributed by atoms with Gasteiger partial charge in [-0.3, -0.25) is 20.4 Å². The second-order valence-electron chi connectivity index (χ2n) is 7.15. The van der Waals surface area contributed by atoms with E-state index in [0.717, 1.165) is 11.1 Å². The summed E-state index contributed by atoms with van der Waals surface area (Å²) in [6, 6.07) is 12.5. The topological polar surface area (TPSA) is 76.7 Å². The van der Waals surface area contributed by atoms with Crippen LogP contribution in [0.5, 0.6) is 11.5 Å². The standard InChI is InChI=1S/C22H28N2O4/c1-14(2)13-27-20-9-7-6-8-19(20)22(26)24-23-21(25)17(5)28-18-11-10-15(3)16(4)12-18/h6-12,14,17H,13H2,1-5H3,(H,23,25)(H,24,26). The summed E-state index contributed by atoms with van der Waals surface area (Å²) in [5, 5.41) is 0. The molecule has 0 saturated heterocycles. The first-order chi connectivity index (χ1) is 13.3. The van der Waals surface area contributed by atoms with Gasteiger partial charge in [-0.05, 0) is 62.1 Å². The summed E-state index contributed by atoms with van der Waals surface area (Å²) in [6.45, 7) is 10.2. The highest BCUT2D eigenvalue weighted by Gasteiger charge is 2.18. The van der Waals surface area contributed by atoms with Crippen LogP contribution in [0.4, 0.5) is 0 Å². The molecule has 0 aliphatic carbocycles. The number of nitrogens with one attached hydrogen (secondary N) is 2. The lowest BCUT2D eigenvalue weighted by atomic mass is 10.1. The molecule has 1 unspecified atom stereocenters. The molecule has 0 aliphatic heterocycles. The molecule has 0 aromatic heterocycles. The average molecular weight is 384 g/mol. The van der Waals surface area contributed by atoms with Crippen molar-refractivity contribution in [2.75, 3.05) is 6.61 Å². The van der Waals surface area contributed by atoms with Crippen LogP contribution in [0.2, 0.25) is 0 Å². The van der Waals surface area contributed by atoms with Crippen molar-refractivity contribution >= 4 is 11.8 Å². The van der Waals surface area contributed by atoms with Gasteiger partial charge in [0.1, 0.15) is 11.5 Å². The number of benzene rings is 2. The predicted molar refractivity (Wildman–Crippen MR) is 108 cm³/mol. The van der Waals surface area contributed by atoms with Gasteiger partial charge in [-0.15, -0.1) is 0 Å². The average Bonchev–Trinajstić information content (AvgIpc) is 2.67. The van der Waals surface area contributed by atoms with Gasteiger partial charge in [0.2, 0.25) is 0 Å². The number of carbonyl (C=O) groups is 2. The van der Waals surface area contributed by atoms with Crippen molar-refractivity contribution in [1.82, 2.24) is 10.9 Å². The Hall–Kier alpha value is -3.02. The molecule has 2 N–H and O–H groups in total. The Kier molecular flexibility index (Phi) is 7.44. The van der Waals surface area contributed by atoms with E-state index in [9.17, 15) is 9.59 Å². The number of ether oxygens (including phenoxy) is 2. The van der Waals surface area contributed by atoms with Gasteiger partial charge in [-0.2, -0.15) is 0 Å². The van der Waals surface area contributed by atoms with Crippen molar-refractivity contribution in [3.8, 4) is 11.5 Å². The third kappa shape index (κ3) is 6.01. The SMILES string of the molecule is Cc1ccc(OC(C)C(=O)NNC(=O)c2ccccc2OCC(C)C)cc1C. The number of hydrogen-bond donors (Lipinski definition) is 2. The van der Waals surface area contributed by atoms with Crippen molar-refractivity contribution in [1.29, 1.82) is 0 Å². The first kappa shape index (κ1) is 21.3. The lowest BCUT2D eigenvalue weighted by molar-refractivity contribution is -0.128. The highest BCUT2D eigenvalue weighted by Crippen LogP contribution is 2.19. The number of amides is 2. The van der Waals surface area contributed by atoms with Gasteiger partial charge < -0.3 is 9.47 Å². The van der Waals surface area contributed by atoms with Gasteiger partial charge in [0.15, 0.2) is 6.10 Å². The fourth-order valence-electron chi connectivity index (χ4n) is 2.37. The number of hydrogen-bond acceptors (Lipinski definition) is 4. The first-order valence-electron chi connectivity index (χ1n) is 9.34. The number of aryl methyl sites for hydroxylation is 2. The van der Waals surface area contributed by atoms with Crippen molar-refractivity contribution in [2.24, 2.45) is 5.92 Å². The van der Waals surface area contributed by atoms with E-state index in [4.69, 9.17) is 9.47 Å². The highest BCUT2D eigenvalue weighted by molar-refractivity contribution is 5.98. The Morgan fingerprint density at radius 3 is 2.36 bits per heavy atom. The van der Waals surface area contributed by atoms with E-state index in [0.29, 0.717) is 29.6 Å². The van der Waals surface area contributed by atoms with Crippen LogP contribution in [0.25, 0.3) is 0 Å². The van der Waals surface area contributed by atoms with E-state index in [1.807, 2.05) is 45.9 Å². The molecule has 6 heteroatoms. The van der Waals surface area contributed by atoms with Gasteiger partial charge >= 0.3 is 0 Å². The number of hydrazine groups is 1. The fraction of sp³-hybridized carbons (Fsp3) is 0.364. The zero-order chi connectivity index (χ0) is 20.7. The Morgan fingerprint density at radius 2 is 1.68 bits per heavy atom. The molecule has 2 amide bonds. The summed E-state index contributed by atoms with van der Waals surface area (Å²) in [6.07, 6.45) is -0.769. The van der Waals surface area contributed by atoms with Gasteiger partial charge in [0.05, 0.1) is 12.2 Å². The molecule has 2 aromatic carbocycles. The molecule has 1 atom stereocenters.